The van der Waals surface area contributed by atoms with Crippen LogP contribution in [0.4, 0.5) is 5.88 Å². The fourth-order valence-corrected chi connectivity index (χ4v) is 2.73. The number of carbonyl (C=O) groups is 1. The Labute approximate surface area is 124 Å². The van der Waals surface area contributed by atoms with E-state index in [0.29, 0.717) is 24.8 Å². The second kappa shape index (κ2) is 6.44. The molecule has 0 bridgehead atoms. The highest BCUT2D eigenvalue weighted by Crippen LogP contribution is 2.18. The largest absolute Gasteiger partial charge is 0.378 e. The third-order valence-corrected chi connectivity index (χ3v) is 4.15. The van der Waals surface area contributed by atoms with Gasteiger partial charge in [0.25, 0.3) is 5.91 Å². The van der Waals surface area contributed by atoms with Crippen LogP contribution >= 0.6 is 0 Å². The lowest BCUT2D eigenvalue weighted by Crippen LogP contribution is -2.48. The molecule has 7 heteroatoms. The molecule has 21 heavy (non-hydrogen) atoms. The molecule has 0 saturated carbocycles. The first kappa shape index (κ1) is 14.3. The molecule has 7 nitrogen and oxygen atoms in total. The summed E-state index contributed by atoms with van der Waals surface area (Å²) in [5.41, 5.74) is 0.404. The van der Waals surface area contributed by atoms with E-state index >= 15 is 0 Å². The third-order valence-electron chi connectivity index (χ3n) is 4.15. The van der Waals surface area contributed by atoms with Crippen LogP contribution in [0.3, 0.4) is 0 Å². The Morgan fingerprint density at radius 1 is 1.19 bits per heavy atom. The topological polar surface area (TPSA) is 62.0 Å². The Morgan fingerprint density at radius 2 is 1.90 bits per heavy atom. The SMILES string of the molecule is CCN1CCN(C(=O)c2cc(N3CCOCC3)on2)CC1. The molecule has 2 aliphatic rings. The zero-order valence-corrected chi connectivity index (χ0v) is 12.5. The van der Waals surface area contributed by atoms with Gasteiger partial charge in [0, 0.05) is 45.3 Å². The number of hydrogen-bond acceptors (Lipinski definition) is 6. The fourth-order valence-electron chi connectivity index (χ4n) is 2.73. The van der Waals surface area contributed by atoms with Crippen molar-refractivity contribution in [2.75, 3.05) is 63.9 Å². The van der Waals surface area contributed by atoms with Crippen molar-refractivity contribution in [3.05, 3.63) is 11.8 Å². The predicted molar refractivity (Wildman–Crippen MR) is 77.6 cm³/mol. The van der Waals surface area contributed by atoms with Crippen LogP contribution in [0, 0.1) is 0 Å². The maximum Gasteiger partial charge on any atom is 0.276 e. The zero-order valence-electron chi connectivity index (χ0n) is 12.5. The second-order valence-electron chi connectivity index (χ2n) is 5.38. The van der Waals surface area contributed by atoms with Gasteiger partial charge in [-0.3, -0.25) is 4.79 Å². The van der Waals surface area contributed by atoms with Crippen molar-refractivity contribution >= 4 is 11.8 Å². The summed E-state index contributed by atoms with van der Waals surface area (Å²) in [4.78, 5) is 18.7. The van der Waals surface area contributed by atoms with E-state index in [1.165, 1.54) is 0 Å². The van der Waals surface area contributed by atoms with Gasteiger partial charge in [-0.2, -0.15) is 0 Å². The van der Waals surface area contributed by atoms with Gasteiger partial charge in [-0.25, -0.2) is 0 Å². The first-order valence-electron chi connectivity index (χ1n) is 7.59. The third kappa shape index (κ3) is 3.19. The average molecular weight is 294 g/mol. The molecule has 0 unspecified atom stereocenters. The number of carbonyl (C=O) groups excluding carboxylic acids is 1. The number of ether oxygens (including phenoxy) is 1. The number of amides is 1. The standard InChI is InChI=1S/C14H22N4O3/c1-2-16-3-5-18(6-4-16)14(19)12-11-13(21-15-12)17-7-9-20-10-8-17/h11H,2-10H2,1H3. The van der Waals surface area contributed by atoms with Gasteiger partial charge in [0.1, 0.15) is 0 Å². The van der Waals surface area contributed by atoms with Crippen LogP contribution in [0.1, 0.15) is 17.4 Å². The number of aromatic nitrogens is 1. The summed E-state index contributed by atoms with van der Waals surface area (Å²) >= 11 is 0. The molecule has 1 aromatic rings. The first-order chi connectivity index (χ1) is 10.3. The Morgan fingerprint density at radius 3 is 2.57 bits per heavy atom. The first-order valence-corrected chi connectivity index (χ1v) is 7.59. The van der Waals surface area contributed by atoms with Gasteiger partial charge >= 0.3 is 0 Å². The van der Waals surface area contributed by atoms with Crippen molar-refractivity contribution in [2.45, 2.75) is 6.92 Å². The van der Waals surface area contributed by atoms with Crippen LogP contribution in [0.5, 0.6) is 0 Å². The summed E-state index contributed by atoms with van der Waals surface area (Å²) in [6, 6.07) is 1.75. The quantitative estimate of drug-likeness (QED) is 0.798. The van der Waals surface area contributed by atoms with Crippen LogP contribution in [0.15, 0.2) is 10.6 Å². The summed E-state index contributed by atoms with van der Waals surface area (Å²) in [5.74, 6) is 0.628. The van der Waals surface area contributed by atoms with Crippen LogP contribution in [0.2, 0.25) is 0 Å². The molecule has 2 aliphatic heterocycles. The molecule has 2 fully saturated rings. The summed E-state index contributed by atoms with van der Waals surface area (Å²) < 4.78 is 10.6. The smallest absolute Gasteiger partial charge is 0.276 e. The second-order valence-corrected chi connectivity index (χ2v) is 5.38. The number of nitrogens with zero attached hydrogens (tertiary/aromatic N) is 4. The summed E-state index contributed by atoms with van der Waals surface area (Å²) in [7, 11) is 0. The molecule has 116 valence electrons. The van der Waals surface area contributed by atoms with E-state index < -0.39 is 0 Å². The average Bonchev–Trinajstić information content (AvgIpc) is 3.05. The Kier molecular flexibility index (Phi) is 4.40. The minimum atomic E-state index is -0.0333. The maximum atomic E-state index is 12.4. The van der Waals surface area contributed by atoms with E-state index in [-0.39, 0.29) is 5.91 Å². The minimum absolute atomic E-state index is 0.0333. The number of hydrogen-bond donors (Lipinski definition) is 0. The zero-order chi connectivity index (χ0) is 14.7. The Bertz CT molecular complexity index is 476. The minimum Gasteiger partial charge on any atom is -0.378 e. The van der Waals surface area contributed by atoms with Crippen LogP contribution in [-0.4, -0.2) is 79.9 Å². The molecular formula is C14H22N4O3. The van der Waals surface area contributed by atoms with Crippen molar-refractivity contribution in [1.82, 2.24) is 15.0 Å². The van der Waals surface area contributed by atoms with Crippen LogP contribution in [-0.2, 0) is 4.74 Å². The van der Waals surface area contributed by atoms with Crippen LogP contribution < -0.4 is 4.90 Å². The lowest BCUT2D eigenvalue weighted by Gasteiger charge is -2.33. The molecule has 2 saturated heterocycles. The van der Waals surface area contributed by atoms with Crippen molar-refractivity contribution in [2.24, 2.45) is 0 Å². The molecule has 0 aliphatic carbocycles. The van der Waals surface area contributed by atoms with Gasteiger partial charge in [-0.1, -0.05) is 12.1 Å². The van der Waals surface area contributed by atoms with Crippen molar-refractivity contribution in [3.8, 4) is 0 Å². The van der Waals surface area contributed by atoms with Crippen molar-refractivity contribution in [3.63, 3.8) is 0 Å². The monoisotopic (exact) mass is 294 g/mol. The molecule has 0 aromatic carbocycles. The summed E-state index contributed by atoms with van der Waals surface area (Å²) in [5, 5.41) is 3.94. The van der Waals surface area contributed by atoms with Crippen molar-refractivity contribution < 1.29 is 14.1 Å². The van der Waals surface area contributed by atoms with E-state index in [0.717, 1.165) is 45.8 Å². The highest BCUT2D eigenvalue weighted by molar-refractivity contribution is 5.93. The number of piperazine rings is 1. The fraction of sp³-hybridized carbons (Fsp3) is 0.714. The van der Waals surface area contributed by atoms with Gasteiger partial charge in [-0.15, -0.1) is 0 Å². The Hall–Kier alpha value is -1.60. The van der Waals surface area contributed by atoms with Gasteiger partial charge in [0.15, 0.2) is 5.69 Å². The van der Waals surface area contributed by atoms with E-state index in [1.54, 1.807) is 6.07 Å². The van der Waals surface area contributed by atoms with E-state index in [1.807, 2.05) is 4.90 Å². The molecule has 0 atom stereocenters. The lowest BCUT2D eigenvalue weighted by molar-refractivity contribution is 0.0633. The van der Waals surface area contributed by atoms with Gasteiger partial charge < -0.3 is 24.0 Å². The molecule has 0 N–H and O–H groups in total. The maximum absolute atomic E-state index is 12.4. The lowest BCUT2D eigenvalue weighted by atomic mass is 10.2. The molecule has 3 rings (SSSR count). The van der Waals surface area contributed by atoms with E-state index in [2.05, 4.69) is 21.9 Å². The van der Waals surface area contributed by atoms with Gasteiger partial charge in [-0.05, 0) is 6.54 Å². The predicted octanol–water partition coefficient (Wildman–Crippen LogP) is 0.289. The van der Waals surface area contributed by atoms with E-state index in [9.17, 15) is 4.79 Å². The molecular weight excluding hydrogens is 272 g/mol. The molecule has 1 aromatic heterocycles. The summed E-state index contributed by atoms with van der Waals surface area (Å²) in [6.45, 7) is 9.46. The number of likely N-dealkylation sites (N-methyl/N-ethyl adjacent to an activating group) is 1. The number of morpholine rings is 1. The van der Waals surface area contributed by atoms with Crippen molar-refractivity contribution in [1.29, 1.82) is 0 Å². The van der Waals surface area contributed by atoms with E-state index in [4.69, 9.17) is 9.26 Å². The van der Waals surface area contributed by atoms with Gasteiger partial charge in [0.05, 0.1) is 13.2 Å². The Balaban J connectivity index is 1.61. The van der Waals surface area contributed by atoms with Gasteiger partial charge in [0.2, 0.25) is 5.88 Å². The highest BCUT2D eigenvalue weighted by atomic mass is 16.5. The number of rotatable bonds is 3. The molecule has 1 amide bonds. The molecule has 3 heterocycles. The highest BCUT2D eigenvalue weighted by Gasteiger charge is 2.25. The molecule has 0 radical (unpaired) electrons. The van der Waals surface area contributed by atoms with Crippen LogP contribution in [0.25, 0.3) is 0 Å². The molecule has 0 spiro atoms. The normalized spacial score (nSPS) is 20.8. The summed E-state index contributed by atoms with van der Waals surface area (Å²) in [6.07, 6.45) is 0. The number of anilines is 1.